The lowest BCUT2D eigenvalue weighted by atomic mass is 10.2. The zero-order valence-electron chi connectivity index (χ0n) is 11.2. The van der Waals surface area contributed by atoms with Crippen LogP contribution in [0.1, 0.15) is 0 Å². The first-order valence-electron chi connectivity index (χ1n) is 6.20. The molecule has 0 atom stereocenters. The van der Waals surface area contributed by atoms with Crippen molar-refractivity contribution in [3.8, 4) is 5.75 Å². The largest absolute Gasteiger partial charge is 0.497 e. The van der Waals surface area contributed by atoms with Gasteiger partial charge in [-0.1, -0.05) is 12.1 Å². The topological polar surface area (TPSA) is 84.1 Å². The number of H-pyrrole nitrogens is 1. The van der Waals surface area contributed by atoms with Crippen molar-refractivity contribution in [2.45, 2.75) is 4.90 Å². The van der Waals surface area contributed by atoms with Gasteiger partial charge in [-0.25, -0.2) is 8.42 Å². The quantitative estimate of drug-likeness (QED) is 0.775. The molecule has 108 valence electrons. The number of hydrogen-bond acceptors (Lipinski definition) is 4. The summed E-state index contributed by atoms with van der Waals surface area (Å²) >= 11 is 0. The van der Waals surface area contributed by atoms with E-state index in [1.54, 1.807) is 18.2 Å². The van der Waals surface area contributed by atoms with Crippen LogP contribution in [-0.4, -0.2) is 25.7 Å². The zero-order chi connectivity index (χ0) is 14.9. The molecule has 21 heavy (non-hydrogen) atoms. The number of rotatable bonds is 4. The highest BCUT2D eigenvalue weighted by molar-refractivity contribution is 7.92. The molecule has 1 heterocycles. The molecule has 0 saturated carbocycles. The number of anilines is 1. The van der Waals surface area contributed by atoms with Gasteiger partial charge in [-0.3, -0.25) is 9.82 Å². The molecule has 0 aliphatic heterocycles. The molecule has 3 rings (SSSR count). The second kappa shape index (κ2) is 5.10. The Morgan fingerprint density at radius 1 is 1.10 bits per heavy atom. The van der Waals surface area contributed by atoms with Crippen molar-refractivity contribution in [2.75, 3.05) is 11.8 Å². The Bertz CT molecular complexity index is 870. The minimum atomic E-state index is -3.69. The van der Waals surface area contributed by atoms with E-state index >= 15 is 0 Å². The maximum atomic E-state index is 12.3. The molecule has 0 amide bonds. The fourth-order valence-electron chi connectivity index (χ4n) is 1.98. The molecule has 0 saturated heterocycles. The Morgan fingerprint density at radius 2 is 1.81 bits per heavy atom. The number of hydrogen-bond donors (Lipinski definition) is 2. The van der Waals surface area contributed by atoms with Crippen molar-refractivity contribution < 1.29 is 13.2 Å². The van der Waals surface area contributed by atoms with E-state index in [0.29, 0.717) is 5.75 Å². The van der Waals surface area contributed by atoms with Crippen LogP contribution >= 0.6 is 0 Å². The highest BCUT2D eigenvalue weighted by Gasteiger charge is 2.17. The SMILES string of the molecule is COc1ccc(S(=O)(=O)Nc2n[nH]c3ccccc23)cc1. The number of aromatic amines is 1. The number of aromatic nitrogens is 2. The molecule has 0 radical (unpaired) electrons. The highest BCUT2D eigenvalue weighted by atomic mass is 32.2. The molecular formula is C14H13N3O3S. The van der Waals surface area contributed by atoms with Crippen LogP contribution in [0.2, 0.25) is 0 Å². The summed E-state index contributed by atoms with van der Waals surface area (Å²) in [7, 11) is -2.16. The first kappa shape index (κ1) is 13.4. The van der Waals surface area contributed by atoms with Crippen LogP contribution in [0.25, 0.3) is 10.9 Å². The zero-order valence-corrected chi connectivity index (χ0v) is 12.0. The number of nitrogens with one attached hydrogen (secondary N) is 2. The van der Waals surface area contributed by atoms with E-state index in [4.69, 9.17) is 4.74 Å². The monoisotopic (exact) mass is 303 g/mol. The molecule has 0 unspecified atom stereocenters. The van der Waals surface area contributed by atoms with Crippen molar-refractivity contribution in [1.29, 1.82) is 0 Å². The Balaban J connectivity index is 1.95. The average Bonchev–Trinajstić information content (AvgIpc) is 2.90. The molecule has 7 heteroatoms. The van der Waals surface area contributed by atoms with Gasteiger partial charge in [0.2, 0.25) is 0 Å². The van der Waals surface area contributed by atoms with Gasteiger partial charge in [0.15, 0.2) is 5.82 Å². The smallest absolute Gasteiger partial charge is 0.263 e. The number of benzene rings is 2. The third kappa shape index (κ3) is 2.55. The lowest BCUT2D eigenvalue weighted by molar-refractivity contribution is 0.414. The number of methoxy groups -OCH3 is 1. The van der Waals surface area contributed by atoms with E-state index in [1.165, 1.54) is 19.2 Å². The first-order valence-corrected chi connectivity index (χ1v) is 7.68. The third-order valence-corrected chi connectivity index (χ3v) is 4.43. The Labute approximate surface area is 121 Å². The summed E-state index contributed by atoms with van der Waals surface area (Å²) in [6.07, 6.45) is 0. The van der Waals surface area contributed by atoms with Gasteiger partial charge >= 0.3 is 0 Å². The van der Waals surface area contributed by atoms with Gasteiger partial charge in [-0.05, 0) is 36.4 Å². The van der Waals surface area contributed by atoms with Gasteiger partial charge in [0.25, 0.3) is 10.0 Å². The molecule has 0 aliphatic carbocycles. The fourth-order valence-corrected chi connectivity index (χ4v) is 3.00. The van der Waals surface area contributed by atoms with Crippen molar-refractivity contribution in [2.24, 2.45) is 0 Å². The molecule has 6 nitrogen and oxygen atoms in total. The summed E-state index contributed by atoms with van der Waals surface area (Å²) in [5.41, 5.74) is 0.768. The number of sulfonamides is 1. The van der Waals surface area contributed by atoms with Gasteiger partial charge in [0.05, 0.1) is 17.5 Å². The normalized spacial score (nSPS) is 11.5. The van der Waals surface area contributed by atoms with Crippen molar-refractivity contribution >= 4 is 26.7 Å². The van der Waals surface area contributed by atoms with Crippen LogP contribution in [0, 0.1) is 0 Å². The standard InChI is InChI=1S/C14H13N3O3S/c1-20-10-6-8-11(9-7-10)21(18,19)17-14-12-4-2-3-5-13(12)15-16-14/h2-9H,1H3,(H2,15,16,17). The summed E-state index contributed by atoms with van der Waals surface area (Å²) in [5.74, 6) is 0.876. The van der Waals surface area contributed by atoms with Crippen LogP contribution < -0.4 is 9.46 Å². The van der Waals surface area contributed by atoms with Crippen LogP contribution in [0.5, 0.6) is 5.75 Å². The van der Waals surface area contributed by atoms with E-state index in [0.717, 1.165) is 10.9 Å². The summed E-state index contributed by atoms with van der Waals surface area (Å²) in [6, 6.07) is 13.4. The minimum absolute atomic E-state index is 0.149. The first-order chi connectivity index (χ1) is 10.1. The second-order valence-electron chi connectivity index (χ2n) is 4.40. The maximum Gasteiger partial charge on any atom is 0.263 e. The van der Waals surface area contributed by atoms with E-state index < -0.39 is 10.0 Å². The van der Waals surface area contributed by atoms with Gasteiger partial charge in [-0.2, -0.15) is 5.10 Å². The van der Waals surface area contributed by atoms with E-state index in [9.17, 15) is 8.42 Å². The maximum absolute atomic E-state index is 12.3. The number of para-hydroxylation sites is 1. The van der Waals surface area contributed by atoms with E-state index in [-0.39, 0.29) is 10.7 Å². The average molecular weight is 303 g/mol. The van der Waals surface area contributed by atoms with Crippen LogP contribution in [0.3, 0.4) is 0 Å². The molecule has 3 aromatic rings. The van der Waals surface area contributed by atoms with Gasteiger partial charge in [0, 0.05) is 5.39 Å². The number of ether oxygens (including phenoxy) is 1. The molecule has 2 aromatic carbocycles. The lowest BCUT2D eigenvalue weighted by Crippen LogP contribution is -2.13. The number of nitrogens with zero attached hydrogens (tertiary/aromatic N) is 1. The van der Waals surface area contributed by atoms with Gasteiger partial charge < -0.3 is 4.74 Å². The second-order valence-corrected chi connectivity index (χ2v) is 6.08. The van der Waals surface area contributed by atoms with E-state index in [2.05, 4.69) is 14.9 Å². The van der Waals surface area contributed by atoms with Gasteiger partial charge in [0.1, 0.15) is 5.75 Å². The predicted octanol–water partition coefficient (Wildman–Crippen LogP) is 2.37. The van der Waals surface area contributed by atoms with Crippen LogP contribution in [0.15, 0.2) is 53.4 Å². The molecule has 0 fully saturated rings. The molecule has 0 bridgehead atoms. The van der Waals surface area contributed by atoms with Crippen LogP contribution in [-0.2, 0) is 10.0 Å². The molecular weight excluding hydrogens is 290 g/mol. The lowest BCUT2D eigenvalue weighted by Gasteiger charge is -2.06. The predicted molar refractivity (Wildman–Crippen MR) is 79.9 cm³/mol. The molecule has 1 aromatic heterocycles. The summed E-state index contributed by atoms with van der Waals surface area (Å²) < 4.78 is 32.2. The molecule has 0 aliphatic rings. The Morgan fingerprint density at radius 3 is 2.52 bits per heavy atom. The highest BCUT2D eigenvalue weighted by Crippen LogP contribution is 2.23. The van der Waals surface area contributed by atoms with Crippen molar-refractivity contribution in [1.82, 2.24) is 10.2 Å². The van der Waals surface area contributed by atoms with Crippen molar-refractivity contribution in [3.63, 3.8) is 0 Å². The molecule has 2 N–H and O–H groups in total. The summed E-state index contributed by atoms with van der Waals surface area (Å²) in [6.45, 7) is 0. The molecule has 0 spiro atoms. The Kier molecular flexibility index (Phi) is 3.26. The fraction of sp³-hybridized carbons (Fsp3) is 0.0714. The third-order valence-electron chi connectivity index (χ3n) is 3.07. The van der Waals surface area contributed by atoms with Crippen molar-refractivity contribution in [3.05, 3.63) is 48.5 Å². The van der Waals surface area contributed by atoms with Gasteiger partial charge in [-0.15, -0.1) is 0 Å². The Hall–Kier alpha value is -2.54. The summed E-state index contributed by atoms with van der Waals surface area (Å²) in [4.78, 5) is 0.149. The minimum Gasteiger partial charge on any atom is -0.497 e. The summed E-state index contributed by atoms with van der Waals surface area (Å²) in [5, 5.41) is 7.50. The van der Waals surface area contributed by atoms with Crippen LogP contribution in [0.4, 0.5) is 5.82 Å². The van der Waals surface area contributed by atoms with E-state index in [1.807, 2.05) is 18.2 Å². The number of fused-ring (bicyclic) bond motifs is 1.